The van der Waals surface area contributed by atoms with Crippen LogP contribution in [-0.4, -0.2) is 18.4 Å². The zero-order valence-corrected chi connectivity index (χ0v) is 15.9. The summed E-state index contributed by atoms with van der Waals surface area (Å²) in [7, 11) is 0. The van der Waals surface area contributed by atoms with Crippen molar-refractivity contribution in [2.45, 2.75) is 6.92 Å². The number of aryl methyl sites for hydroxylation is 1. The molecule has 2 N–H and O–H groups in total. The van der Waals surface area contributed by atoms with Crippen molar-refractivity contribution in [3.63, 3.8) is 0 Å². The van der Waals surface area contributed by atoms with Gasteiger partial charge in [0.2, 0.25) is 0 Å². The van der Waals surface area contributed by atoms with Crippen LogP contribution >= 0.6 is 22.9 Å². The molecule has 5 nitrogen and oxygen atoms in total. The van der Waals surface area contributed by atoms with Crippen LogP contribution in [0.2, 0.25) is 5.02 Å². The molecular formula is C20H15ClN2O3S. The van der Waals surface area contributed by atoms with Gasteiger partial charge in [0, 0.05) is 15.6 Å². The van der Waals surface area contributed by atoms with Crippen LogP contribution in [0.5, 0.6) is 5.75 Å². The van der Waals surface area contributed by atoms with E-state index in [9.17, 15) is 9.59 Å². The number of rotatable bonds is 3. The molecule has 7 heteroatoms. The highest BCUT2D eigenvalue weighted by Crippen LogP contribution is 2.35. The fourth-order valence-corrected chi connectivity index (χ4v) is 4.12. The minimum absolute atomic E-state index is 0.000538. The Balaban J connectivity index is 1.56. The minimum atomic E-state index is -0.217. The maximum Gasteiger partial charge on any atom is 0.265 e. The summed E-state index contributed by atoms with van der Waals surface area (Å²) in [6, 6.07) is 14.6. The Morgan fingerprint density at radius 1 is 1.22 bits per heavy atom. The highest BCUT2D eigenvalue weighted by molar-refractivity contribution is 7.17. The molecule has 0 atom stereocenters. The second kappa shape index (κ2) is 7.06. The van der Waals surface area contributed by atoms with Crippen LogP contribution in [0, 0.1) is 6.92 Å². The summed E-state index contributed by atoms with van der Waals surface area (Å²) in [5, 5.41) is 6.25. The van der Waals surface area contributed by atoms with Crippen LogP contribution in [0.25, 0.3) is 10.4 Å². The number of thiophene rings is 1. The Hall–Kier alpha value is -2.83. The predicted octanol–water partition coefficient (Wildman–Crippen LogP) is 4.96. The molecule has 0 unspecified atom stereocenters. The molecule has 4 rings (SSSR count). The summed E-state index contributed by atoms with van der Waals surface area (Å²) in [6.45, 7) is 1.97. The van der Waals surface area contributed by atoms with Gasteiger partial charge in [0.15, 0.2) is 6.61 Å². The lowest BCUT2D eigenvalue weighted by Gasteiger charge is -2.18. The van der Waals surface area contributed by atoms with E-state index in [-0.39, 0.29) is 18.4 Å². The van der Waals surface area contributed by atoms with Gasteiger partial charge in [-0.3, -0.25) is 9.59 Å². The smallest absolute Gasteiger partial charge is 0.265 e. The summed E-state index contributed by atoms with van der Waals surface area (Å²) >= 11 is 7.49. The summed E-state index contributed by atoms with van der Waals surface area (Å²) in [5.41, 5.74) is 3.13. The summed E-state index contributed by atoms with van der Waals surface area (Å²) in [6.07, 6.45) is 0. The van der Waals surface area contributed by atoms with E-state index in [1.165, 1.54) is 11.3 Å². The second-order valence-electron chi connectivity index (χ2n) is 6.14. The van der Waals surface area contributed by atoms with Crippen molar-refractivity contribution in [2.24, 2.45) is 0 Å². The normalized spacial score (nSPS) is 12.7. The van der Waals surface area contributed by atoms with Crippen LogP contribution in [0.3, 0.4) is 0 Å². The van der Waals surface area contributed by atoms with Crippen LogP contribution < -0.4 is 15.4 Å². The lowest BCUT2D eigenvalue weighted by Crippen LogP contribution is -2.25. The van der Waals surface area contributed by atoms with Crippen molar-refractivity contribution in [3.05, 3.63) is 64.0 Å². The summed E-state index contributed by atoms with van der Waals surface area (Å²) < 4.78 is 5.32. The van der Waals surface area contributed by atoms with E-state index in [2.05, 4.69) is 10.6 Å². The minimum Gasteiger partial charge on any atom is -0.482 e. The molecule has 0 bridgehead atoms. The molecule has 1 aromatic heterocycles. The van der Waals surface area contributed by atoms with Gasteiger partial charge < -0.3 is 15.4 Å². The molecule has 0 saturated heterocycles. The van der Waals surface area contributed by atoms with Crippen LogP contribution in [0.1, 0.15) is 15.2 Å². The number of carbonyl (C=O) groups is 2. The Morgan fingerprint density at radius 2 is 2.07 bits per heavy atom. The fraction of sp³-hybridized carbons (Fsp3) is 0.100. The summed E-state index contributed by atoms with van der Waals surface area (Å²) in [5.74, 6) is 0.160. The Morgan fingerprint density at radius 3 is 2.89 bits per heavy atom. The van der Waals surface area contributed by atoms with Crippen LogP contribution in [-0.2, 0) is 4.79 Å². The van der Waals surface area contributed by atoms with E-state index in [1.54, 1.807) is 18.2 Å². The first-order chi connectivity index (χ1) is 13.0. The van der Waals surface area contributed by atoms with Gasteiger partial charge in [0.1, 0.15) is 5.75 Å². The molecule has 2 amide bonds. The van der Waals surface area contributed by atoms with E-state index in [1.807, 2.05) is 37.3 Å². The number of halogens is 1. The van der Waals surface area contributed by atoms with E-state index in [0.29, 0.717) is 27.0 Å². The quantitative estimate of drug-likeness (QED) is 0.655. The highest BCUT2D eigenvalue weighted by atomic mass is 35.5. The molecular weight excluding hydrogens is 384 g/mol. The Kier molecular flexibility index (Phi) is 4.59. The number of hydrogen-bond donors (Lipinski definition) is 2. The van der Waals surface area contributed by atoms with Crippen LogP contribution in [0.15, 0.2) is 48.5 Å². The maximum atomic E-state index is 12.7. The van der Waals surface area contributed by atoms with E-state index < -0.39 is 0 Å². The van der Waals surface area contributed by atoms with Crippen molar-refractivity contribution in [2.75, 3.05) is 17.2 Å². The largest absolute Gasteiger partial charge is 0.482 e. The summed E-state index contributed by atoms with van der Waals surface area (Å²) in [4.78, 5) is 25.7. The van der Waals surface area contributed by atoms with Gasteiger partial charge in [0.05, 0.1) is 10.6 Å². The number of benzene rings is 2. The molecule has 2 aromatic carbocycles. The third-order valence-electron chi connectivity index (χ3n) is 4.10. The van der Waals surface area contributed by atoms with Crippen molar-refractivity contribution in [3.8, 4) is 16.2 Å². The molecule has 0 spiro atoms. The van der Waals surface area contributed by atoms with Gasteiger partial charge in [-0.25, -0.2) is 0 Å². The first-order valence-corrected chi connectivity index (χ1v) is 9.43. The average molecular weight is 399 g/mol. The second-order valence-corrected chi connectivity index (χ2v) is 7.62. The SMILES string of the molecule is Cc1cc(C(=O)Nc2ccc3c(c2)NC(=O)CO3)sc1-c1cccc(Cl)c1. The van der Waals surface area contributed by atoms with Crippen molar-refractivity contribution in [1.82, 2.24) is 0 Å². The number of carbonyl (C=O) groups excluding carboxylic acids is 2. The monoisotopic (exact) mass is 398 g/mol. The van der Waals surface area contributed by atoms with Gasteiger partial charge in [-0.1, -0.05) is 23.7 Å². The first kappa shape index (κ1) is 17.6. The molecule has 3 aromatic rings. The first-order valence-electron chi connectivity index (χ1n) is 8.24. The van der Waals surface area contributed by atoms with E-state index in [4.69, 9.17) is 16.3 Å². The molecule has 0 aliphatic carbocycles. The Labute approximate surface area is 164 Å². The Bertz CT molecular complexity index is 1060. The molecule has 0 saturated carbocycles. The number of amides is 2. The highest BCUT2D eigenvalue weighted by Gasteiger charge is 2.18. The molecule has 2 heterocycles. The van der Waals surface area contributed by atoms with Crippen LogP contribution in [0.4, 0.5) is 11.4 Å². The maximum absolute atomic E-state index is 12.7. The molecule has 0 fully saturated rings. The standard InChI is InChI=1S/C20H15ClN2O3S/c1-11-7-17(27-19(11)12-3-2-4-13(21)8-12)20(25)22-14-5-6-16-15(9-14)23-18(24)10-26-16/h2-9H,10H2,1H3,(H,22,25)(H,23,24). The number of anilines is 2. The van der Waals surface area contributed by atoms with Gasteiger partial charge in [-0.15, -0.1) is 11.3 Å². The topological polar surface area (TPSA) is 67.4 Å². The van der Waals surface area contributed by atoms with Gasteiger partial charge in [0.25, 0.3) is 11.8 Å². The number of nitrogens with one attached hydrogen (secondary N) is 2. The zero-order valence-electron chi connectivity index (χ0n) is 14.3. The predicted molar refractivity (Wildman–Crippen MR) is 108 cm³/mol. The molecule has 0 radical (unpaired) electrons. The lowest BCUT2D eigenvalue weighted by atomic mass is 10.1. The molecule has 27 heavy (non-hydrogen) atoms. The fourth-order valence-electron chi connectivity index (χ4n) is 2.86. The van der Waals surface area contributed by atoms with Crippen molar-refractivity contribution < 1.29 is 14.3 Å². The molecule has 136 valence electrons. The third-order valence-corrected chi connectivity index (χ3v) is 5.62. The van der Waals surface area contributed by atoms with Crippen molar-refractivity contribution in [1.29, 1.82) is 0 Å². The van der Waals surface area contributed by atoms with Gasteiger partial charge in [-0.2, -0.15) is 0 Å². The van der Waals surface area contributed by atoms with E-state index in [0.717, 1.165) is 16.0 Å². The third kappa shape index (κ3) is 3.67. The van der Waals surface area contributed by atoms with Gasteiger partial charge in [-0.05, 0) is 54.4 Å². The number of hydrogen-bond acceptors (Lipinski definition) is 4. The molecule has 1 aliphatic rings. The lowest BCUT2D eigenvalue weighted by molar-refractivity contribution is -0.118. The van der Waals surface area contributed by atoms with Gasteiger partial charge >= 0.3 is 0 Å². The van der Waals surface area contributed by atoms with Crippen molar-refractivity contribution >= 4 is 46.1 Å². The molecule has 1 aliphatic heterocycles. The zero-order chi connectivity index (χ0) is 19.0. The average Bonchev–Trinajstić information content (AvgIpc) is 3.03. The number of ether oxygens (including phenoxy) is 1. The number of fused-ring (bicyclic) bond motifs is 1. The van der Waals surface area contributed by atoms with E-state index >= 15 is 0 Å².